The maximum atomic E-state index is 12.1. The summed E-state index contributed by atoms with van der Waals surface area (Å²) >= 11 is 0. The van der Waals surface area contributed by atoms with Crippen molar-refractivity contribution in [1.29, 1.82) is 0 Å². The molecule has 0 heterocycles. The van der Waals surface area contributed by atoms with E-state index in [-0.39, 0.29) is 12.5 Å². The Balaban J connectivity index is 2.11. The summed E-state index contributed by atoms with van der Waals surface area (Å²) in [5, 5.41) is 11.5. The van der Waals surface area contributed by atoms with E-state index in [2.05, 4.69) is 17.2 Å². The molecule has 1 amide bonds. The standard InChI is InChI=1S/C17H15NO2/c1-13-5-2-3-7-16(13)17(20)18-15-10-8-14(9-11-15)6-4-12-19/h2-3,5,7-11,19H,12H2,1H3,(H,18,20). The molecule has 2 aromatic rings. The molecule has 100 valence electrons. The fraction of sp³-hybridized carbons (Fsp3) is 0.118. The number of aliphatic hydroxyl groups excluding tert-OH is 1. The van der Waals surface area contributed by atoms with Gasteiger partial charge < -0.3 is 10.4 Å². The highest BCUT2D eigenvalue weighted by Crippen LogP contribution is 2.13. The molecular formula is C17H15NO2. The molecule has 20 heavy (non-hydrogen) atoms. The zero-order valence-corrected chi connectivity index (χ0v) is 11.2. The number of nitrogens with one attached hydrogen (secondary N) is 1. The van der Waals surface area contributed by atoms with Gasteiger partial charge in [-0.05, 0) is 42.8 Å². The van der Waals surface area contributed by atoms with E-state index in [4.69, 9.17) is 5.11 Å². The molecule has 0 saturated heterocycles. The van der Waals surface area contributed by atoms with Crippen molar-refractivity contribution in [2.45, 2.75) is 6.92 Å². The van der Waals surface area contributed by atoms with Crippen molar-refractivity contribution in [3.05, 3.63) is 65.2 Å². The second-order valence-corrected chi connectivity index (χ2v) is 4.31. The zero-order valence-electron chi connectivity index (χ0n) is 11.2. The lowest BCUT2D eigenvalue weighted by Crippen LogP contribution is -2.13. The number of aryl methyl sites for hydroxylation is 1. The first kappa shape index (κ1) is 13.9. The van der Waals surface area contributed by atoms with Gasteiger partial charge in [-0.1, -0.05) is 30.0 Å². The number of benzene rings is 2. The molecule has 0 aliphatic rings. The first-order valence-corrected chi connectivity index (χ1v) is 6.27. The van der Waals surface area contributed by atoms with Gasteiger partial charge in [0.1, 0.15) is 6.61 Å². The van der Waals surface area contributed by atoms with E-state index in [0.717, 1.165) is 11.1 Å². The minimum atomic E-state index is -0.161. The number of anilines is 1. The molecule has 3 heteroatoms. The average molecular weight is 265 g/mol. The third kappa shape index (κ3) is 3.47. The van der Waals surface area contributed by atoms with Crippen molar-refractivity contribution in [3.63, 3.8) is 0 Å². The van der Waals surface area contributed by atoms with Crippen LogP contribution in [0.4, 0.5) is 5.69 Å². The molecule has 0 aliphatic carbocycles. The molecular weight excluding hydrogens is 250 g/mol. The van der Waals surface area contributed by atoms with Gasteiger partial charge in [0.25, 0.3) is 5.91 Å². The van der Waals surface area contributed by atoms with Crippen LogP contribution in [0.15, 0.2) is 48.5 Å². The van der Waals surface area contributed by atoms with E-state index in [0.29, 0.717) is 11.3 Å². The van der Waals surface area contributed by atoms with Gasteiger partial charge in [-0.2, -0.15) is 0 Å². The van der Waals surface area contributed by atoms with Gasteiger partial charge in [-0.25, -0.2) is 0 Å². The van der Waals surface area contributed by atoms with Crippen LogP contribution in [-0.4, -0.2) is 17.6 Å². The van der Waals surface area contributed by atoms with E-state index in [1.54, 1.807) is 30.3 Å². The molecule has 0 spiro atoms. The molecule has 2 N–H and O–H groups in total. The van der Waals surface area contributed by atoms with Crippen molar-refractivity contribution < 1.29 is 9.90 Å². The minimum Gasteiger partial charge on any atom is -0.384 e. The zero-order chi connectivity index (χ0) is 14.4. The maximum absolute atomic E-state index is 12.1. The summed E-state index contributed by atoms with van der Waals surface area (Å²) in [4.78, 5) is 12.1. The maximum Gasteiger partial charge on any atom is 0.255 e. The van der Waals surface area contributed by atoms with Gasteiger partial charge in [-0.15, -0.1) is 0 Å². The SMILES string of the molecule is Cc1ccccc1C(=O)Nc1ccc(C#CCO)cc1. The molecule has 0 aliphatic heterocycles. The highest BCUT2D eigenvalue weighted by molar-refractivity contribution is 6.05. The van der Waals surface area contributed by atoms with Crippen LogP contribution >= 0.6 is 0 Å². The average Bonchev–Trinajstić information content (AvgIpc) is 2.47. The normalized spacial score (nSPS) is 9.50. The third-order valence-corrected chi connectivity index (χ3v) is 2.84. The van der Waals surface area contributed by atoms with Crippen LogP contribution in [0, 0.1) is 18.8 Å². The monoisotopic (exact) mass is 265 g/mol. The summed E-state index contributed by atoms with van der Waals surface area (Å²) < 4.78 is 0. The molecule has 0 aromatic heterocycles. The molecule has 0 saturated carbocycles. The molecule has 0 fully saturated rings. The van der Waals surface area contributed by atoms with Crippen LogP contribution in [0.1, 0.15) is 21.5 Å². The number of amides is 1. The second-order valence-electron chi connectivity index (χ2n) is 4.31. The summed E-state index contributed by atoms with van der Waals surface area (Å²) in [7, 11) is 0. The molecule has 3 nitrogen and oxygen atoms in total. The summed E-state index contributed by atoms with van der Waals surface area (Å²) in [6.45, 7) is 1.74. The van der Waals surface area contributed by atoms with E-state index in [1.165, 1.54) is 0 Å². The number of aliphatic hydroxyl groups is 1. The summed E-state index contributed by atoms with van der Waals surface area (Å²) in [6.07, 6.45) is 0. The predicted octanol–water partition coefficient (Wildman–Crippen LogP) is 2.59. The number of carbonyl (C=O) groups excluding carboxylic acids is 1. The second kappa shape index (κ2) is 6.55. The lowest BCUT2D eigenvalue weighted by Gasteiger charge is -2.07. The van der Waals surface area contributed by atoms with Crippen LogP contribution in [0.2, 0.25) is 0 Å². The third-order valence-electron chi connectivity index (χ3n) is 2.84. The Morgan fingerprint density at radius 3 is 2.50 bits per heavy atom. The van der Waals surface area contributed by atoms with Crippen molar-refractivity contribution >= 4 is 11.6 Å². The Hall–Kier alpha value is -2.57. The fourth-order valence-electron chi connectivity index (χ4n) is 1.80. The van der Waals surface area contributed by atoms with Crippen LogP contribution in [0.25, 0.3) is 0 Å². The smallest absolute Gasteiger partial charge is 0.255 e. The Morgan fingerprint density at radius 1 is 1.15 bits per heavy atom. The topological polar surface area (TPSA) is 49.3 Å². The van der Waals surface area contributed by atoms with Crippen LogP contribution < -0.4 is 5.32 Å². The number of carbonyl (C=O) groups is 1. The lowest BCUT2D eigenvalue weighted by molar-refractivity contribution is 0.102. The molecule has 0 radical (unpaired) electrons. The van der Waals surface area contributed by atoms with Gasteiger partial charge >= 0.3 is 0 Å². The van der Waals surface area contributed by atoms with Gasteiger partial charge in [-0.3, -0.25) is 4.79 Å². The number of hydrogen-bond donors (Lipinski definition) is 2. The van der Waals surface area contributed by atoms with Crippen molar-refractivity contribution in [2.24, 2.45) is 0 Å². The van der Waals surface area contributed by atoms with E-state index >= 15 is 0 Å². The van der Waals surface area contributed by atoms with Gasteiger partial charge in [0.15, 0.2) is 0 Å². The van der Waals surface area contributed by atoms with Crippen molar-refractivity contribution in [2.75, 3.05) is 11.9 Å². The first-order valence-electron chi connectivity index (χ1n) is 6.27. The summed E-state index contributed by atoms with van der Waals surface area (Å²) in [5.74, 6) is 5.25. The van der Waals surface area contributed by atoms with Gasteiger partial charge in [0, 0.05) is 16.8 Å². The van der Waals surface area contributed by atoms with E-state index in [9.17, 15) is 4.79 Å². The molecule has 0 atom stereocenters. The Bertz CT molecular complexity index is 663. The Kier molecular flexibility index (Phi) is 4.54. The molecule has 2 rings (SSSR count). The largest absolute Gasteiger partial charge is 0.384 e. The summed E-state index contributed by atoms with van der Waals surface area (Å²) in [5.41, 5.74) is 3.12. The van der Waals surface area contributed by atoms with Crippen LogP contribution in [-0.2, 0) is 0 Å². The molecule has 0 unspecified atom stereocenters. The lowest BCUT2D eigenvalue weighted by atomic mass is 10.1. The van der Waals surface area contributed by atoms with Crippen LogP contribution in [0.5, 0.6) is 0 Å². The van der Waals surface area contributed by atoms with Crippen molar-refractivity contribution in [3.8, 4) is 11.8 Å². The van der Waals surface area contributed by atoms with Gasteiger partial charge in [0.2, 0.25) is 0 Å². The minimum absolute atomic E-state index is 0.128. The van der Waals surface area contributed by atoms with Crippen molar-refractivity contribution in [1.82, 2.24) is 0 Å². The van der Waals surface area contributed by atoms with E-state index < -0.39 is 0 Å². The first-order chi connectivity index (χ1) is 9.70. The predicted molar refractivity (Wildman–Crippen MR) is 79.5 cm³/mol. The molecule has 2 aromatic carbocycles. The van der Waals surface area contributed by atoms with Crippen LogP contribution in [0.3, 0.4) is 0 Å². The van der Waals surface area contributed by atoms with Gasteiger partial charge in [0.05, 0.1) is 0 Å². The quantitative estimate of drug-likeness (QED) is 0.820. The van der Waals surface area contributed by atoms with E-state index in [1.807, 2.05) is 25.1 Å². The fourth-order valence-corrected chi connectivity index (χ4v) is 1.80. The highest BCUT2D eigenvalue weighted by atomic mass is 16.2. The number of hydrogen-bond acceptors (Lipinski definition) is 2. The Labute approximate surface area is 118 Å². The number of rotatable bonds is 2. The highest BCUT2D eigenvalue weighted by Gasteiger charge is 2.07. The summed E-state index contributed by atoms with van der Waals surface area (Å²) in [6, 6.07) is 14.6. The Morgan fingerprint density at radius 2 is 1.85 bits per heavy atom. The molecule has 0 bridgehead atoms.